The molecule has 0 aliphatic rings. The van der Waals surface area contributed by atoms with Crippen LogP contribution in [0.2, 0.25) is 0 Å². The number of aromatic carboxylic acids is 1. The molecule has 4 nitrogen and oxygen atoms in total. The molecule has 5 heteroatoms. The van der Waals surface area contributed by atoms with Crippen molar-refractivity contribution in [1.82, 2.24) is 4.98 Å². The van der Waals surface area contributed by atoms with Crippen LogP contribution in [0.15, 0.2) is 23.0 Å². The molecule has 2 rings (SSSR count). The second-order valence-electron chi connectivity index (χ2n) is 3.48. The van der Waals surface area contributed by atoms with Crippen LogP contribution < -0.4 is 5.56 Å². The van der Waals surface area contributed by atoms with E-state index in [0.717, 1.165) is 0 Å². The van der Waals surface area contributed by atoms with Crippen molar-refractivity contribution in [2.24, 2.45) is 0 Å². The molecular weight excluding hydrogens is 213 g/mol. The number of rotatable bonds is 1. The van der Waals surface area contributed by atoms with E-state index in [2.05, 4.69) is 4.98 Å². The lowest BCUT2D eigenvalue weighted by Crippen LogP contribution is -2.11. The number of carboxylic acid groups (broad SMARTS) is 1. The summed E-state index contributed by atoms with van der Waals surface area (Å²) in [5.74, 6) is -2.28. The molecule has 0 saturated heterocycles. The second kappa shape index (κ2) is 3.44. The number of hydrogen-bond acceptors (Lipinski definition) is 2. The van der Waals surface area contributed by atoms with Gasteiger partial charge in [0.1, 0.15) is 0 Å². The standard InChI is InChI=1S/C11H8FNO3/c1-5-4-6-2-3-7(11(15)16)8(12)9(6)13-10(5)14/h2-4H,1H3,(H,13,14)(H,15,16). The second-order valence-corrected chi connectivity index (χ2v) is 3.48. The third kappa shape index (κ3) is 1.46. The van der Waals surface area contributed by atoms with Crippen molar-refractivity contribution in [1.29, 1.82) is 0 Å². The van der Waals surface area contributed by atoms with Gasteiger partial charge in [-0.25, -0.2) is 9.18 Å². The van der Waals surface area contributed by atoms with Gasteiger partial charge in [-0.15, -0.1) is 0 Å². The third-order valence-corrected chi connectivity index (χ3v) is 2.37. The molecule has 1 aromatic carbocycles. The molecule has 2 N–H and O–H groups in total. The molecule has 0 fully saturated rings. The summed E-state index contributed by atoms with van der Waals surface area (Å²) in [4.78, 5) is 24.3. The monoisotopic (exact) mass is 221 g/mol. The number of aryl methyl sites for hydroxylation is 1. The van der Waals surface area contributed by atoms with Crippen LogP contribution in [-0.4, -0.2) is 16.1 Å². The molecule has 0 atom stereocenters. The minimum absolute atomic E-state index is 0.0736. The fourth-order valence-electron chi connectivity index (χ4n) is 1.51. The molecule has 0 radical (unpaired) electrons. The van der Waals surface area contributed by atoms with E-state index in [1.165, 1.54) is 18.2 Å². The highest BCUT2D eigenvalue weighted by Crippen LogP contribution is 2.18. The van der Waals surface area contributed by atoms with E-state index in [1.54, 1.807) is 6.92 Å². The number of nitrogens with one attached hydrogen (secondary N) is 1. The lowest BCUT2D eigenvalue weighted by molar-refractivity contribution is 0.0692. The summed E-state index contributed by atoms with van der Waals surface area (Å²) >= 11 is 0. The van der Waals surface area contributed by atoms with Crippen molar-refractivity contribution in [3.05, 3.63) is 45.5 Å². The number of carboxylic acids is 1. The highest BCUT2D eigenvalue weighted by Gasteiger charge is 2.14. The van der Waals surface area contributed by atoms with E-state index in [-0.39, 0.29) is 5.52 Å². The zero-order valence-corrected chi connectivity index (χ0v) is 8.37. The van der Waals surface area contributed by atoms with E-state index in [4.69, 9.17) is 5.11 Å². The van der Waals surface area contributed by atoms with Crippen molar-refractivity contribution in [2.45, 2.75) is 6.92 Å². The summed E-state index contributed by atoms with van der Waals surface area (Å²) in [6.45, 7) is 1.60. The van der Waals surface area contributed by atoms with Crippen molar-refractivity contribution >= 4 is 16.9 Å². The van der Waals surface area contributed by atoms with E-state index >= 15 is 0 Å². The van der Waals surface area contributed by atoms with Gasteiger partial charge in [0, 0.05) is 10.9 Å². The minimum atomic E-state index is -1.36. The summed E-state index contributed by atoms with van der Waals surface area (Å²) in [7, 11) is 0. The number of hydrogen-bond donors (Lipinski definition) is 2. The summed E-state index contributed by atoms with van der Waals surface area (Å²) in [6, 6.07) is 4.16. The van der Waals surface area contributed by atoms with Crippen LogP contribution >= 0.6 is 0 Å². The Morgan fingerprint density at radius 3 is 2.75 bits per heavy atom. The van der Waals surface area contributed by atoms with Crippen LogP contribution in [0.3, 0.4) is 0 Å². The molecule has 1 aromatic heterocycles. The number of aromatic amines is 1. The van der Waals surface area contributed by atoms with Gasteiger partial charge in [0.05, 0.1) is 11.1 Å². The van der Waals surface area contributed by atoms with Gasteiger partial charge in [-0.2, -0.15) is 0 Å². The maximum absolute atomic E-state index is 13.7. The lowest BCUT2D eigenvalue weighted by Gasteiger charge is -2.03. The Hall–Kier alpha value is -2.17. The molecule has 16 heavy (non-hydrogen) atoms. The molecule has 0 unspecified atom stereocenters. The van der Waals surface area contributed by atoms with Crippen molar-refractivity contribution in [3.8, 4) is 0 Å². The molecule has 0 aliphatic carbocycles. The van der Waals surface area contributed by atoms with Crippen molar-refractivity contribution in [3.63, 3.8) is 0 Å². The van der Waals surface area contributed by atoms with Gasteiger partial charge < -0.3 is 10.1 Å². The number of carbonyl (C=O) groups is 1. The zero-order chi connectivity index (χ0) is 11.9. The van der Waals surface area contributed by atoms with Crippen LogP contribution in [0.4, 0.5) is 4.39 Å². The fraction of sp³-hybridized carbons (Fsp3) is 0.0909. The summed E-state index contributed by atoms with van der Waals surface area (Å²) in [5, 5.41) is 9.19. The van der Waals surface area contributed by atoms with Crippen molar-refractivity contribution in [2.75, 3.05) is 0 Å². The Kier molecular flexibility index (Phi) is 2.23. The van der Waals surface area contributed by atoms with Gasteiger partial charge in [-0.1, -0.05) is 6.07 Å². The molecule has 82 valence electrons. The summed E-state index contributed by atoms with van der Waals surface area (Å²) in [5.41, 5.74) is -0.494. The molecule has 0 aliphatic heterocycles. The highest BCUT2D eigenvalue weighted by molar-refractivity contribution is 5.93. The first kappa shape index (κ1) is 10.4. The smallest absolute Gasteiger partial charge is 0.338 e. The quantitative estimate of drug-likeness (QED) is 0.769. The van der Waals surface area contributed by atoms with Gasteiger partial charge in [0.15, 0.2) is 5.82 Å². The number of H-pyrrole nitrogens is 1. The molecule has 1 heterocycles. The topological polar surface area (TPSA) is 70.2 Å². The van der Waals surface area contributed by atoms with Crippen LogP contribution in [0.1, 0.15) is 15.9 Å². The van der Waals surface area contributed by atoms with E-state index in [0.29, 0.717) is 10.9 Å². The average Bonchev–Trinajstić information content (AvgIpc) is 2.21. The predicted octanol–water partition coefficient (Wildman–Crippen LogP) is 1.67. The van der Waals surface area contributed by atoms with Crippen LogP contribution in [0, 0.1) is 12.7 Å². The fourth-order valence-corrected chi connectivity index (χ4v) is 1.51. The van der Waals surface area contributed by atoms with E-state index < -0.39 is 22.9 Å². The number of pyridine rings is 1. The first-order chi connectivity index (χ1) is 7.50. The molecule has 0 saturated carbocycles. The average molecular weight is 221 g/mol. The Morgan fingerprint density at radius 1 is 1.44 bits per heavy atom. The number of fused-ring (bicyclic) bond motifs is 1. The molecule has 2 aromatic rings. The first-order valence-electron chi connectivity index (χ1n) is 4.56. The molecule has 0 bridgehead atoms. The summed E-state index contributed by atoms with van der Waals surface area (Å²) < 4.78 is 13.7. The predicted molar refractivity (Wildman–Crippen MR) is 56.2 cm³/mol. The van der Waals surface area contributed by atoms with Gasteiger partial charge in [0.2, 0.25) is 0 Å². The maximum atomic E-state index is 13.7. The normalized spacial score (nSPS) is 10.6. The summed E-state index contributed by atoms with van der Waals surface area (Å²) in [6.07, 6.45) is 0. The molecule has 0 amide bonds. The van der Waals surface area contributed by atoms with Crippen molar-refractivity contribution < 1.29 is 14.3 Å². The third-order valence-electron chi connectivity index (χ3n) is 2.37. The van der Waals surface area contributed by atoms with Gasteiger partial charge >= 0.3 is 5.97 Å². The first-order valence-corrected chi connectivity index (χ1v) is 4.56. The lowest BCUT2D eigenvalue weighted by atomic mass is 10.1. The molecular formula is C11H8FNO3. The van der Waals surface area contributed by atoms with Crippen LogP contribution in [-0.2, 0) is 0 Å². The van der Waals surface area contributed by atoms with Gasteiger partial charge in [-0.3, -0.25) is 4.79 Å². The number of aromatic nitrogens is 1. The van der Waals surface area contributed by atoms with Crippen LogP contribution in [0.5, 0.6) is 0 Å². The Morgan fingerprint density at radius 2 is 2.12 bits per heavy atom. The Balaban J connectivity index is 2.89. The number of halogens is 1. The SMILES string of the molecule is Cc1cc2ccc(C(=O)O)c(F)c2[nH]c1=O. The van der Waals surface area contributed by atoms with Crippen LogP contribution in [0.25, 0.3) is 10.9 Å². The van der Waals surface area contributed by atoms with E-state index in [9.17, 15) is 14.0 Å². The number of benzene rings is 1. The van der Waals surface area contributed by atoms with Gasteiger partial charge in [0.25, 0.3) is 5.56 Å². The minimum Gasteiger partial charge on any atom is -0.478 e. The molecule has 0 spiro atoms. The van der Waals surface area contributed by atoms with Gasteiger partial charge in [-0.05, 0) is 19.1 Å². The Labute approximate surface area is 89.3 Å². The highest BCUT2D eigenvalue weighted by atomic mass is 19.1. The van der Waals surface area contributed by atoms with E-state index in [1.807, 2.05) is 0 Å². The zero-order valence-electron chi connectivity index (χ0n) is 8.37. The Bertz CT molecular complexity index is 645. The maximum Gasteiger partial charge on any atom is 0.338 e. The largest absolute Gasteiger partial charge is 0.478 e.